The van der Waals surface area contributed by atoms with E-state index in [1.807, 2.05) is 18.5 Å². The molecule has 0 radical (unpaired) electrons. The Bertz CT molecular complexity index is 488. The molecule has 1 atom stereocenters. The first kappa shape index (κ1) is 13.6. The van der Waals surface area contributed by atoms with Gasteiger partial charge in [-0.2, -0.15) is 0 Å². The van der Waals surface area contributed by atoms with E-state index in [0.717, 1.165) is 22.3 Å². The van der Waals surface area contributed by atoms with Crippen LogP contribution in [-0.4, -0.2) is 9.97 Å². The van der Waals surface area contributed by atoms with Crippen molar-refractivity contribution < 1.29 is 0 Å². The molecule has 0 aliphatic heterocycles. The van der Waals surface area contributed by atoms with Crippen LogP contribution in [0.25, 0.3) is 0 Å². The van der Waals surface area contributed by atoms with Crippen LogP contribution in [0.15, 0.2) is 17.0 Å². The van der Waals surface area contributed by atoms with Crippen LogP contribution in [-0.2, 0) is 12.1 Å². The van der Waals surface area contributed by atoms with Crippen LogP contribution in [0.1, 0.15) is 42.5 Å². The Morgan fingerprint density at radius 2 is 2.22 bits per heavy atom. The maximum absolute atomic E-state index is 5.81. The van der Waals surface area contributed by atoms with Gasteiger partial charge in [0.05, 0.1) is 17.3 Å². The maximum Gasteiger partial charge on any atom is 0.112 e. The van der Waals surface area contributed by atoms with Gasteiger partial charge in [0.1, 0.15) is 10.0 Å². The SMILES string of the molecule is CC(N)c1nc(CNC(C)(C)c2nccs2)cs1. The normalized spacial score (nSPS) is 13.8. The standard InChI is InChI=1S/C12H18N4S2/c1-8(13)10-16-9(7-18-10)6-15-12(2,3)11-14-4-5-17-11/h4-5,7-8,15H,6,13H2,1-3H3. The summed E-state index contributed by atoms with van der Waals surface area (Å²) >= 11 is 3.28. The lowest BCUT2D eigenvalue weighted by Crippen LogP contribution is -2.35. The third-order valence-electron chi connectivity index (χ3n) is 2.64. The lowest BCUT2D eigenvalue weighted by molar-refractivity contribution is 0.397. The van der Waals surface area contributed by atoms with Crippen LogP contribution in [0.4, 0.5) is 0 Å². The van der Waals surface area contributed by atoms with E-state index in [4.69, 9.17) is 5.73 Å². The van der Waals surface area contributed by atoms with E-state index in [2.05, 4.69) is 34.5 Å². The number of hydrogen-bond donors (Lipinski definition) is 2. The first-order valence-corrected chi connectivity index (χ1v) is 7.60. The molecule has 6 heteroatoms. The highest BCUT2D eigenvalue weighted by molar-refractivity contribution is 7.10. The minimum atomic E-state index is -0.133. The molecule has 0 aliphatic rings. The Morgan fingerprint density at radius 3 is 2.78 bits per heavy atom. The monoisotopic (exact) mass is 282 g/mol. The van der Waals surface area contributed by atoms with Crippen LogP contribution in [0.3, 0.4) is 0 Å². The van der Waals surface area contributed by atoms with Gasteiger partial charge in [0, 0.05) is 23.5 Å². The molecule has 0 bridgehead atoms. The Labute approximate surface area is 115 Å². The second kappa shape index (κ2) is 5.44. The van der Waals surface area contributed by atoms with Gasteiger partial charge in [-0.05, 0) is 20.8 Å². The molecule has 98 valence electrons. The zero-order valence-electron chi connectivity index (χ0n) is 10.8. The van der Waals surface area contributed by atoms with Gasteiger partial charge in [-0.1, -0.05) is 0 Å². The third kappa shape index (κ3) is 3.14. The lowest BCUT2D eigenvalue weighted by atomic mass is 10.1. The fraction of sp³-hybridized carbons (Fsp3) is 0.500. The fourth-order valence-electron chi connectivity index (χ4n) is 1.53. The molecule has 1 unspecified atom stereocenters. The highest BCUT2D eigenvalue weighted by Crippen LogP contribution is 2.23. The van der Waals surface area contributed by atoms with Gasteiger partial charge in [-0.25, -0.2) is 9.97 Å². The third-order valence-corrected chi connectivity index (χ3v) is 4.83. The van der Waals surface area contributed by atoms with E-state index >= 15 is 0 Å². The molecule has 0 aliphatic carbocycles. The molecule has 2 aromatic rings. The molecule has 2 heterocycles. The topological polar surface area (TPSA) is 63.8 Å². The van der Waals surface area contributed by atoms with Crippen LogP contribution < -0.4 is 11.1 Å². The van der Waals surface area contributed by atoms with Crippen molar-refractivity contribution in [3.63, 3.8) is 0 Å². The van der Waals surface area contributed by atoms with Crippen molar-refractivity contribution in [1.29, 1.82) is 0 Å². The van der Waals surface area contributed by atoms with Crippen molar-refractivity contribution >= 4 is 22.7 Å². The molecule has 0 spiro atoms. The molecule has 0 aromatic carbocycles. The summed E-state index contributed by atoms with van der Waals surface area (Å²) in [6.45, 7) is 6.95. The van der Waals surface area contributed by atoms with E-state index in [9.17, 15) is 0 Å². The van der Waals surface area contributed by atoms with E-state index in [1.165, 1.54) is 0 Å². The summed E-state index contributed by atoms with van der Waals surface area (Å²) in [6, 6.07) is 0.00993. The minimum absolute atomic E-state index is 0.00993. The van der Waals surface area contributed by atoms with Crippen LogP contribution >= 0.6 is 22.7 Å². The van der Waals surface area contributed by atoms with Crippen molar-refractivity contribution in [3.8, 4) is 0 Å². The van der Waals surface area contributed by atoms with Gasteiger partial charge < -0.3 is 11.1 Å². The Balaban J connectivity index is 1.98. The molecule has 2 rings (SSSR count). The quantitative estimate of drug-likeness (QED) is 0.885. The van der Waals surface area contributed by atoms with Crippen LogP contribution in [0.5, 0.6) is 0 Å². The summed E-state index contributed by atoms with van der Waals surface area (Å²) in [4.78, 5) is 8.86. The Kier molecular flexibility index (Phi) is 4.11. The number of nitrogens with one attached hydrogen (secondary N) is 1. The Morgan fingerprint density at radius 1 is 1.44 bits per heavy atom. The first-order chi connectivity index (χ1) is 8.49. The average molecular weight is 282 g/mol. The van der Waals surface area contributed by atoms with Gasteiger partial charge in [0.2, 0.25) is 0 Å². The molecule has 0 amide bonds. The van der Waals surface area contributed by atoms with E-state index < -0.39 is 0 Å². The smallest absolute Gasteiger partial charge is 0.112 e. The number of aromatic nitrogens is 2. The summed E-state index contributed by atoms with van der Waals surface area (Å²) in [5.41, 5.74) is 6.71. The number of thiazole rings is 2. The molecule has 2 aromatic heterocycles. The summed E-state index contributed by atoms with van der Waals surface area (Å²) < 4.78 is 0. The summed E-state index contributed by atoms with van der Waals surface area (Å²) in [6.07, 6.45) is 1.83. The zero-order chi connectivity index (χ0) is 13.2. The van der Waals surface area contributed by atoms with Gasteiger partial charge in [0.25, 0.3) is 0 Å². The Hall–Kier alpha value is -0.820. The number of nitrogens with zero attached hydrogens (tertiary/aromatic N) is 2. The number of hydrogen-bond acceptors (Lipinski definition) is 6. The van der Waals surface area contributed by atoms with Crippen LogP contribution in [0.2, 0.25) is 0 Å². The van der Waals surface area contributed by atoms with Crippen molar-refractivity contribution in [1.82, 2.24) is 15.3 Å². The molecule has 3 N–H and O–H groups in total. The van der Waals surface area contributed by atoms with Gasteiger partial charge in [-0.3, -0.25) is 0 Å². The van der Waals surface area contributed by atoms with E-state index in [1.54, 1.807) is 22.7 Å². The predicted octanol–water partition coefficient (Wildman–Crippen LogP) is 2.64. The second-order valence-electron chi connectivity index (χ2n) is 4.78. The van der Waals surface area contributed by atoms with Crippen molar-refractivity contribution in [2.24, 2.45) is 5.73 Å². The maximum atomic E-state index is 5.81. The molecule has 18 heavy (non-hydrogen) atoms. The largest absolute Gasteiger partial charge is 0.322 e. The summed E-state index contributed by atoms with van der Waals surface area (Å²) in [7, 11) is 0. The fourth-order valence-corrected chi connectivity index (χ4v) is 3.05. The zero-order valence-corrected chi connectivity index (χ0v) is 12.4. The predicted molar refractivity (Wildman–Crippen MR) is 76.7 cm³/mol. The first-order valence-electron chi connectivity index (χ1n) is 5.84. The number of rotatable bonds is 5. The highest BCUT2D eigenvalue weighted by atomic mass is 32.1. The molecule has 0 saturated heterocycles. The van der Waals surface area contributed by atoms with E-state index in [-0.39, 0.29) is 11.6 Å². The second-order valence-corrected chi connectivity index (χ2v) is 6.57. The minimum Gasteiger partial charge on any atom is -0.322 e. The molecular weight excluding hydrogens is 264 g/mol. The molecule has 4 nitrogen and oxygen atoms in total. The summed E-state index contributed by atoms with van der Waals surface area (Å²) in [5, 5.41) is 9.61. The number of nitrogens with two attached hydrogens (primary N) is 1. The van der Waals surface area contributed by atoms with Gasteiger partial charge in [-0.15, -0.1) is 22.7 Å². The van der Waals surface area contributed by atoms with Crippen molar-refractivity contribution in [3.05, 3.63) is 32.7 Å². The highest BCUT2D eigenvalue weighted by Gasteiger charge is 2.22. The molecule has 0 fully saturated rings. The van der Waals surface area contributed by atoms with Crippen molar-refractivity contribution in [2.75, 3.05) is 0 Å². The van der Waals surface area contributed by atoms with Crippen LogP contribution in [0, 0.1) is 0 Å². The molecule has 0 saturated carbocycles. The van der Waals surface area contributed by atoms with E-state index in [0.29, 0.717) is 0 Å². The molecular formula is C12H18N4S2. The summed E-state index contributed by atoms with van der Waals surface area (Å²) in [5.74, 6) is 0. The average Bonchev–Trinajstić information content (AvgIpc) is 2.98. The lowest BCUT2D eigenvalue weighted by Gasteiger charge is -2.23. The van der Waals surface area contributed by atoms with Crippen molar-refractivity contribution in [2.45, 2.75) is 38.9 Å². The van der Waals surface area contributed by atoms with Gasteiger partial charge in [0.15, 0.2) is 0 Å². The van der Waals surface area contributed by atoms with Gasteiger partial charge >= 0.3 is 0 Å².